The van der Waals surface area contributed by atoms with Crippen molar-refractivity contribution in [3.63, 3.8) is 0 Å². The first kappa shape index (κ1) is 26.3. The molecule has 0 aliphatic carbocycles. The second-order valence-corrected chi connectivity index (χ2v) is 9.49. The molecule has 6 heterocycles. The second-order valence-electron chi connectivity index (χ2n) is 9.49. The number of anilines is 2. The molecule has 2 aliphatic heterocycles. The number of nitrogen functional groups attached to an aromatic ring is 2. The summed E-state index contributed by atoms with van der Waals surface area (Å²) >= 11 is 0. The monoisotopic (exact) mass is 561 g/mol. The number of nitrogens with zero attached hydrogens (tertiary/aromatic N) is 6. The first-order valence-electron chi connectivity index (χ1n) is 12.4. The number of nitrogens with two attached hydrogens (primary N) is 2. The lowest BCUT2D eigenvalue weighted by molar-refractivity contribution is -0.103. The molecule has 0 unspecified atom stereocenters. The fourth-order valence-corrected chi connectivity index (χ4v) is 5.03. The Kier molecular flexibility index (Phi) is 6.70. The SMILES string of the molecule is Nc1nc2c(ncn2[C@@H]2O[C@H](CO)[C@@H](ONCC[C@H]3O[C@@H](n4cnc5c(=O)[nH]c(N)nc54)C[C@@H]3O)[C@@H]2O)c(=O)[nH]1. The lowest BCUT2D eigenvalue weighted by Crippen LogP contribution is -2.41. The molecule has 0 saturated carbocycles. The van der Waals surface area contributed by atoms with Crippen LogP contribution in [0, 0.1) is 0 Å². The van der Waals surface area contributed by atoms with Crippen LogP contribution in [0.3, 0.4) is 0 Å². The molecule has 0 spiro atoms. The molecular weight excluding hydrogens is 534 g/mol. The summed E-state index contributed by atoms with van der Waals surface area (Å²) in [7, 11) is 0. The third-order valence-corrected chi connectivity index (χ3v) is 6.93. The van der Waals surface area contributed by atoms with Crippen LogP contribution in [0.25, 0.3) is 22.3 Å². The highest BCUT2D eigenvalue weighted by Gasteiger charge is 2.46. The van der Waals surface area contributed by atoms with Crippen molar-refractivity contribution < 1.29 is 29.6 Å². The highest BCUT2D eigenvalue weighted by Crippen LogP contribution is 2.33. The Hall–Kier alpha value is -3.98. The summed E-state index contributed by atoms with van der Waals surface area (Å²) in [4.78, 5) is 50.8. The van der Waals surface area contributed by atoms with E-state index in [0.717, 1.165) is 0 Å². The Labute approximate surface area is 222 Å². The Bertz CT molecular complexity index is 1650. The summed E-state index contributed by atoms with van der Waals surface area (Å²) in [5.74, 6) is -0.193. The van der Waals surface area contributed by atoms with Gasteiger partial charge in [0.2, 0.25) is 11.9 Å². The molecule has 0 amide bonds. The number of aromatic amines is 2. The zero-order chi connectivity index (χ0) is 28.1. The van der Waals surface area contributed by atoms with Crippen molar-refractivity contribution in [2.45, 2.75) is 55.8 Å². The molecule has 0 radical (unpaired) electrons. The predicted molar refractivity (Wildman–Crippen MR) is 134 cm³/mol. The van der Waals surface area contributed by atoms with E-state index in [0.29, 0.717) is 6.42 Å². The Morgan fingerprint density at radius 2 is 1.62 bits per heavy atom. The van der Waals surface area contributed by atoms with Gasteiger partial charge >= 0.3 is 0 Å². The number of aliphatic hydroxyl groups excluding tert-OH is 3. The van der Waals surface area contributed by atoms with Crippen molar-refractivity contribution in [3.8, 4) is 0 Å². The van der Waals surface area contributed by atoms with Crippen molar-refractivity contribution in [1.29, 1.82) is 0 Å². The number of aromatic nitrogens is 8. The number of aliphatic hydroxyl groups is 3. The third-order valence-electron chi connectivity index (χ3n) is 6.93. The Morgan fingerprint density at radius 1 is 1.00 bits per heavy atom. The molecule has 10 N–H and O–H groups in total. The second kappa shape index (κ2) is 10.2. The van der Waals surface area contributed by atoms with Crippen molar-refractivity contribution in [3.05, 3.63) is 33.4 Å². The average molecular weight is 562 g/mol. The molecular formula is C21H27N11O8. The number of ether oxygens (including phenoxy) is 2. The fraction of sp³-hybridized carbons (Fsp3) is 0.524. The number of nitrogens with one attached hydrogen (secondary N) is 3. The van der Waals surface area contributed by atoms with Crippen molar-refractivity contribution in [1.82, 2.24) is 44.5 Å². The van der Waals surface area contributed by atoms with Gasteiger partial charge in [0, 0.05) is 13.0 Å². The van der Waals surface area contributed by atoms with Gasteiger partial charge in [-0.25, -0.2) is 15.4 Å². The van der Waals surface area contributed by atoms with Gasteiger partial charge in [-0.2, -0.15) is 9.97 Å². The predicted octanol–water partition coefficient (Wildman–Crippen LogP) is -3.40. The number of hydroxylamine groups is 1. The molecule has 4 aromatic rings. The van der Waals surface area contributed by atoms with Gasteiger partial charge < -0.3 is 36.3 Å². The number of imidazole rings is 2. The smallest absolute Gasteiger partial charge is 0.280 e. The van der Waals surface area contributed by atoms with Gasteiger partial charge in [-0.05, 0) is 6.42 Å². The lowest BCUT2D eigenvalue weighted by Gasteiger charge is -2.21. The molecule has 6 rings (SSSR count). The van der Waals surface area contributed by atoms with E-state index in [1.165, 1.54) is 17.2 Å². The van der Waals surface area contributed by atoms with Gasteiger partial charge in [0.1, 0.15) is 24.5 Å². The van der Waals surface area contributed by atoms with Gasteiger partial charge in [-0.15, -0.1) is 0 Å². The maximum absolute atomic E-state index is 12.1. The summed E-state index contributed by atoms with van der Waals surface area (Å²) in [6.07, 6.45) is -3.06. The molecule has 0 bridgehead atoms. The Balaban J connectivity index is 1.07. The van der Waals surface area contributed by atoms with E-state index in [9.17, 15) is 24.9 Å². The van der Waals surface area contributed by atoms with E-state index >= 15 is 0 Å². The van der Waals surface area contributed by atoms with Crippen LogP contribution in [0.5, 0.6) is 0 Å². The van der Waals surface area contributed by atoms with Gasteiger partial charge in [-0.1, -0.05) is 0 Å². The standard InChI is InChI=1S/C21H27N11O8/c22-20-27-15-11(17(36)29-20)24-5-31(15)10-3-7(34)8(38-10)1-2-26-40-14-9(4-33)39-19(13(14)35)32-6-25-12-16(32)28-21(23)30-18(12)37/h5-10,13-14,19,26,33-35H,1-4H2,(H3,22,27,29,36)(H3,23,28,30,37)/t7-,8+,9+,10+,13-,14+,19+/m0/s1. The molecule has 4 aromatic heterocycles. The molecule has 0 aromatic carbocycles. The number of hydrogen-bond acceptors (Lipinski definition) is 15. The topological polar surface area (TPSA) is 280 Å². The largest absolute Gasteiger partial charge is 0.394 e. The minimum Gasteiger partial charge on any atom is -0.394 e. The quantitative estimate of drug-likeness (QED) is 0.0768. The third kappa shape index (κ3) is 4.48. The molecule has 7 atom stereocenters. The zero-order valence-corrected chi connectivity index (χ0v) is 20.7. The van der Waals surface area contributed by atoms with E-state index in [1.54, 1.807) is 4.57 Å². The van der Waals surface area contributed by atoms with Crippen LogP contribution in [0.2, 0.25) is 0 Å². The number of hydrogen-bond donors (Lipinski definition) is 8. The number of H-pyrrole nitrogens is 2. The van der Waals surface area contributed by atoms with Gasteiger partial charge in [0.25, 0.3) is 11.1 Å². The van der Waals surface area contributed by atoms with E-state index in [1.807, 2.05) is 0 Å². The van der Waals surface area contributed by atoms with Gasteiger partial charge in [0.15, 0.2) is 28.6 Å². The Morgan fingerprint density at radius 3 is 2.27 bits per heavy atom. The number of fused-ring (bicyclic) bond motifs is 2. The van der Waals surface area contributed by atoms with Crippen molar-refractivity contribution >= 4 is 34.2 Å². The molecule has 214 valence electrons. The molecule has 40 heavy (non-hydrogen) atoms. The van der Waals surface area contributed by atoms with E-state index < -0.39 is 60.7 Å². The maximum Gasteiger partial charge on any atom is 0.280 e. The highest BCUT2D eigenvalue weighted by molar-refractivity contribution is 5.71. The normalized spacial score (nSPS) is 28.7. The first-order valence-corrected chi connectivity index (χ1v) is 12.4. The fourth-order valence-electron chi connectivity index (χ4n) is 5.03. The van der Waals surface area contributed by atoms with E-state index in [2.05, 4.69) is 35.4 Å². The molecule has 2 fully saturated rings. The van der Waals surface area contributed by atoms with Crippen molar-refractivity contribution in [2.75, 3.05) is 24.6 Å². The van der Waals surface area contributed by atoms with Crippen molar-refractivity contribution in [2.24, 2.45) is 0 Å². The van der Waals surface area contributed by atoms with Crippen LogP contribution in [-0.4, -0.2) is 98.0 Å². The van der Waals surface area contributed by atoms with Gasteiger partial charge in [0.05, 0.1) is 31.5 Å². The maximum atomic E-state index is 12.1. The van der Waals surface area contributed by atoms with E-state index in [-0.39, 0.29) is 47.2 Å². The van der Waals surface area contributed by atoms with Gasteiger partial charge in [-0.3, -0.25) is 33.5 Å². The first-order chi connectivity index (χ1) is 19.2. The van der Waals surface area contributed by atoms with Crippen LogP contribution in [0.15, 0.2) is 22.2 Å². The lowest BCUT2D eigenvalue weighted by atomic mass is 10.1. The summed E-state index contributed by atoms with van der Waals surface area (Å²) in [5.41, 5.74) is 13.5. The molecule has 2 saturated heterocycles. The molecule has 19 nitrogen and oxygen atoms in total. The molecule has 19 heteroatoms. The summed E-state index contributed by atoms with van der Waals surface area (Å²) in [6, 6.07) is 0. The average Bonchev–Trinajstić information content (AvgIpc) is 3.67. The summed E-state index contributed by atoms with van der Waals surface area (Å²) in [5, 5.41) is 31.3. The minimum absolute atomic E-state index is 0.0104. The summed E-state index contributed by atoms with van der Waals surface area (Å²) < 4.78 is 14.6. The van der Waals surface area contributed by atoms with Crippen LogP contribution < -0.4 is 28.1 Å². The van der Waals surface area contributed by atoms with Crippen LogP contribution >= 0.6 is 0 Å². The number of rotatable bonds is 8. The van der Waals surface area contributed by atoms with Crippen LogP contribution in [0.4, 0.5) is 11.9 Å². The zero-order valence-electron chi connectivity index (χ0n) is 20.7. The molecule has 2 aliphatic rings. The minimum atomic E-state index is -1.28. The van der Waals surface area contributed by atoms with Crippen LogP contribution in [0.1, 0.15) is 25.3 Å². The highest BCUT2D eigenvalue weighted by atomic mass is 16.7. The summed E-state index contributed by atoms with van der Waals surface area (Å²) in [6.45, 7) is -0.257. The van der Waals surface area contributed by atoms with Crippen LogP contribution in [-0.2, 0) is 14.3 Å². The van der Waals surface area contributed by atoms with E-state index in [4.69, 9.17) is 25.8 Å².